The minimum Gasteiger partial charge on any atom is -0.438 e. The van der Waals surface area contributed by atoms with Crippen molar-refractivity contribution in [3.63, 3.8) is 0 Å². The maximum absolute atomic E-state index is 12.9. The quantitative estimate of drug-likeness (QED) is 0.399. The lowest BCUT2D eigenvalue weighted by Gasteiger charge is -2.13. The van der Waals surface area contributed by atoms with Gasteiger partial charge in [-0.3, -0.25) is 14.8 Å². The van der Waals surface area contributed by atoms with E-state index in [1.54, 1.807) is 47.9 Å². The number of benzene rings is 2. The van der Waals surface area contributed by atoms with E-state index in [-0.39, 0.29) is 24.3 Å². The smallest absolute Gasteiger partial charge is 0.261 e. The van der Waals surface area contributed by atoms with Crippen LogP contribution in [0.1, 0.15) is 22.3 Å². The van der Waals surface area contributed by atoms with Crippen LogP contribution in [0.3, 0.4) is 0 Å². The van der Waals surface area contributed by atoms with Gasteiger partial charge in [0, 0.05) is 23.3 Å². The van der Waals surface area contributed by atoms with Crippen LogP contribution in [0.4, 0.5) is 5.69 Å². The van der Waals surface area contributed by atoms with Gasteiger partial charge in [0.25, 0.3) is 5.91 Å². The Balaban J connectivity index is 1.81. The summed E-state index contributed by atoms with van der Waals surface area (Å²) in [5.41, 5.74) is 2.99. The van der Waals surface area contributed by atoms with Crippen molar-refractivity contribution in [1.82, 2.24) is 10.5 Å². The summed E-state index contributed by atoms with van der Waals surface area (Å²) in [6, 6.07) is 17.2. The van der Waals surface area contributed by atoms with Gasteiger partial charge >= 0.3 is 0 Å². The Morgan fingerprint density at radius 1 is 1.07 bits per heavy atom. The Morgan fingerprint density at radius 3 is 2.62 bits per heavy atom. The van der Waals surface area contributed by atoms with Crippen LogP contribution in [0.25, 0.3) is 0 Å². The van der Waals surface area contributed by atoms with Crippen LogP contribution in [0.15, 0.2) is 66.9 Å². The number of para-hydroxylation sites is 1. The van der Waals surface area contributed by atoms with Gasteiger partial charge in [-0.15, -0.1) is 0 Å². The molecule has 8 heteroatoms. The third kappa shape index (κ3) is 5.54. The van der Waals surface area contributed by atoms with Crippen LogP contribution in [0.2, 0.25) is 5.02 Å². The summed E-state index contributed by atoms with van der Waals surface area (Å²) >= 11 is 6.04. The van der Waals surface area contributed by atoms with Gasteiger partial charge in [0.1, 0.15) is 11.3 Å². The van der Waals surface area contributed by atoms with Crippen molar-refractivity contribution < 1.29 is 19.5 Å². The standard InChI is InChI=1S/C21H18ClN3O4/c22-15-9-10-18(14(13-15)8-11-19(26)25-28)24-20(27)17-7-4-12-23-21(17)29-16-5-2-1-3-6-16/h1-7,9-10,12-13,28H,8,11H2,(H,24,27)(H,25,26). The zero-order valence-electron chi connectivity index (χ0n) is 15.3. The van der Waals surface area contributed by atoms with Gasteiger partial charge in [-0.05, 0) is 54.4 Å². The lowest BCUT2D eigenvalue weighted by atomic mass is 10.1. The number of halogens is 1. The van der Waals surface area contributed by atoms with E-state index in [0.717, 1.165) is 0 Å². The number of nitrogens with one attached hydrogen (secondary N) is 2. The van der Waals surface area contributed by atoms with Crippen LogP contribution in [-0.4, -0.2) is 22.0 Å². The molecule has 0 saturated heterocycles. The van der Waals surface area contributed by atoms with E-state index in [2.05, 4.69) is 10.3 Å². The van der Waals surface area contributed by atoms with E-state index >= 15 is 0 Å². The van der Waals surface area contributed by atoms with E-state index in [4.69, 9.17) is 21.5 Å². The number of rotatable bonds is 7. The fourth-order valence-electron chi connectivity index (χ4n) is 2.63. The first kappa shape index (κ1) is 20.3. The number of anilines is 1. The van der Waals surface area contributed by atoms with Gasteiger partial charge in [0.2, 0.25) is 11.8 Å². The minimum absolute atomic E-state index is 0.0367. The molecule has 0 spiro atoms. The fourth-order valence-corrected chi connectivity index (χ4v) is 2.82. The molecule has 0 unspecified atom stereocenters. The molecular weight excluding hydrogens is 394 g/mol. The van der Waals surface area contributed by atoms with Crippen LogP contribution >= 0.6 is 11.6 Å². The Bertz CT molecular complexity index is 1010. The Kier molecular flexibility index (Phi) is 6.78. The van der Waals surface area contributed by atoms with Crippen LogP contribution in [0.5, 0.6) is 11.6 Å². The van der Waals surface area contributed by atoms with Crippen molar-refractivity contribution in [3.8, 4) is 11.6 Å². The molecule has 3 rings (SSSR count). The van der Waals surface area contributed by atoms with Gasteiger partial charge in [-0.1, -0.05) is 29.8 Å². The van der Waals surface area contributed by atoms with Crippen LogP contribution < -0.4 is 15.5 Å². The van der Waals surface area contributed by atoms with E-state index in [9.17, 15) is 9.59 Å². The topological polar surface area (TPSA) is 101 Å². The van der Waals surface area contributed by atoms with E-state index < -0.39 is 11.8 Å². The number of carbonyl (C=O) groups excluding carboxylic acids is 2. The summed E-state index contributed by atoms with van der Waals surface area (Å²) in [7, 11) is 0. The maximum atomic E-state index is 12.9. The van der Waals surface area contributed by atoms with Crippen molar-refractivity contribution in [2.75, 3.05) is 5.32 Å². The molecule has 0 bridgehead atoms. The highest BCUT2D eigenvalue weighted by Crippen LogP contribution is 2.26. The molecule has 3 N–H and O–H groups in total. The summed E-state index contributed by atoms with van der Waals surface area (Å²) in [5, 5.41) is 11.9. The highest BCUT2D eigenvalue weighted by Gasteiger charge is 2.16. The number of aromatic nitrogens is 1. The largest absolute Gasteiger partial charge is 0.438 e. The number of amides is 2. The normalized spacial score (nSPS) is 10.3. The molecular formula is C21H18ClN3O4. The predicted octanol–water partition coefficient (Wildman–Crippen LogP) is 4.22. The minimum atomic E-state index is -0.534. The van der Waals surface area contributed by atoms with Crippen molar-refractivity contribution in [3.05, 3.63) is 83.0 Å². The van der Waals surface area contributed by atoms with Crippen molar-refractivity contribution in [1.29, 1.82) is 0 Å². The second-order valence-corrected chi connectivity index (χ2v) is 6.50. The molecule has 0 aliphatic heterocycles. The average Bonchev–Trinajstić information content (AvgIpc) is 2.74. The van der Waals surface area contributed by atoms with Crippen molar-refractivity contribution >= 4 is 29.1 Å². The summed E-state index contributed by atoms with van der Waals surface area (Å²) in [6.45, 7) is 0. The van der Waals surface area contributed by atoms with E-state index in [1.807, 2.05) is 18.2 Å². The third-order valence-corrected chi connectivity index (χ3v) is 4.27. The number of ether oxygens (including phenoxy) is 1. The van der Waals surface area contributed by atoms with Gasteiger partial charge in [-0.2, -0.15) is 0 Å². The number of aryl methyl sites for hydroxylation is 1. The predicted molar refractivity (Wildman–Crippen MR) is 108 cm³/mol. The molecule has 0 aliphatic rings. The molecule has 29 heavy (non-hydrogen) atoms. The number of pyridine rings is 1. The number of carbonyl (C=O) groups is 2. The lowest BCUT2D eigenvalue weighted by Crippen LogP contribution is -2.19. The molecule has 0 fully saturated rings. The molecule has 0 saturated carbocycles. The zero-order valence-corrected chi connectivity index (χ0v) is 16.0. The average molecular weight is 412 g/mol. The van der Waals surface area contributed by atoms with Crippen LogP contribution in [0, 0.1) is 0 Å². The second kappa shape index (κ2) is 9.68. The molecule has 0 radical (unpaired) electrons. The molecule has 3 aromatic rings. The summed E-state index contributed by atoms with van der Waals surface area (Å²) in [5.74, 6) is -0.221. The molecule has 0 atom stereocenters. The SMILES string of the molecule is O=C(CCc1cc(Cl)ccc1NC(=O)c1cccnc1Oc1ccccc1)NO. The first-order valence-electron chi connectivity index (χ1n) is 8.77. The second-order valence-electron chi connectivity index (χ2n) is 6.06. The highest BCUT2D eigenvalue weighted by atomic mass is 35.5. The summed E-state index contributed by atoms with van der Waals surface area (Å²) < 4.78 is 5.74. The van der Waals surface area contributed by atoms with Gasteiger partial charge < -0.3 is 10.1 Å². The van der Waals surface area contributed by atoms with Crippen LogP contribution in [-0.2, 0) is 11.2 Å². The van der Waals surface area contributed by atoms with Gasteiger partial charge in [-0.25, -0.2) is 10.5 Å². The molecule has 2 aromatic carbocycles. The lowest BCUT2D eigenvalue weighted by molar-refractivity contribution is -0.129. The molecule has 1 heterocycles. The Hall–Kier alpha value is -3.42. The number of hydroxylamine groups is 1. The first-order chi connectivity index (χ1) is 14.1. The zero-order chi connectivity index (χ0) is 20.6. The van der Waals surface area contributed by atoms with Crippen molar-refractivity contribution in [2.24, 2.45) is 0 Å². The van der Waals surface area contributed by atoms with Gasteiger partial charge in [0.05, 0.1) is 0 Å². The number of hydrogen-bond acceptors (Lipinski definition) is 5. The maximum Gasteiger partial charge on any atom is 0.261 e. The first-order valence-corrected chi connectivity index (χ1v) is 9.15. The summed E-state index contributed by atoms with van der Waals surface area (Å²) in [6.07, 6.45) is 1.86. The van der Waals surface area contributed by atoms with Crippen molar-refractivity contribution in [2.45, 2.75) is 12.8 Å². The monoisotopic (exact) mass is 411 g/mol. The van der Waals surface area contributed by atoms with E-state index in [1.165, 1.54) is 6.20 Å². The highest BCUT2D eigenvalue weighted by molar-refractivity contribution is 6.30. The molecule has 7 nitrogen and oxygen atoms in total. The Labute approximate surface area is 172 Å². The molecule has 148 valence electrons. The van der Waals surface area contributed by atoms with Gasteiger partial charge in [0.15, 0.2) is 0 Å². The summed E-state index contributed by atoms with van der Waals surface area (Å²) in [4.78, 5) is 28.4. The molecule has 1 aromatic heterocycles. The number of nitrogens with zero attached hydrogens (tertiary/aromatic N) is 1. The fraction of sp³-hybridized carbons (Fsp3) is 0.0952. The van der Waals surface area contributed by atoms with E-state index in [0.29, 0.717) is 22.0 Å². The molecule has 0 aliphatic carbocycles. The number of hydrogen-bond donors (Lipinski definition) is 3. The Morgan fingerprint density at radius 2 is 1.86 bits per heavy atom. The third-order valence-electron chi connectivity index (χ3n) is 4.04. The molecule has 2 amide bonds.